The molecule has 0 aliphatic rings. The summed E-state index contributed by atoms with van der Waals surface area (Å²) in [6, 6.07) is 3.98. The number of hydrogen-bond donors (Lipinski definition) is 1. The molecule has 0 bridgehead atoms. The van der Waals surface area contributed by atoms with Crippen molar-refractivity contribution in [2.24, 2.45) is 5.92 Å². The summed E-state index contributed by atoms with van der Waals surface area (Å²) in [6.45, 7) is 5.75. The van der Waals surface area contributed by atoms with Crippen LogP contribution in [-0.4, -0.2) is 19.1 Å². The minimum absolute atomic E-state index is 0.0744. The van der Waals surface area contributed by atoms with Gasteiger partial charge >= 0.3 is 5.97 Å². The predicted octanol–water partition coefficient (Wildman–Crippen LogP) is 3.33. The second kappa shape index (κ2) is 6.87. The van der Waals surface area contributed by atoms with E-state index in [9.17, 15) is 9.18 Å². The number of esters is 1. The summed E-state index contributed by atoms with van der Waals surface area (Å²) in [7, 11) is 1.36. The molecular weight excluding hydrogens is 269 g/mol. The Morgan fingerprint density at radius 3 is 2.47 bits per heavy atom. The van der Waals surface area contributed by atoms with E-state index < -0.39 is 11.9 Å². The van der Waals surface area contributed by atoms with Crippen LogP contribution in [0.4, 0.5) is 4.39 Å². The van der Waals surface area contributed by atoms with E-state index in [1.54, 1.807) is 12.1 Å². The van der Waals surface area contributed by atoms with Crippen LogP contribution in [0.1, 0.15) is 32.4 Å². The molecule has 0 amide bonds. The van der Waals surface area contributed by atoms with Gasteiger partial charge in [-0.1, -0.05) is 31.5 Å². The van der Waals surface area contributed by atoms with E-state index in [-0.39, 0.29) is 23.0 Å². The second-order valence-corrected chi connectivity index (χ2v) is 5.21. The molecule has 0 spiro atoms. The van der Waals surface area contributed by atoms with Gasteiger partial charge in [0.2, 0.25) is 0 Å². The molecule has 19 heavy (non-hydrogen) atoms. The lowest BCUT2D eigenvalue weighted by atomic mass is 10.0. The largest absolute Gasteiger partial charge is 0.468 e. The van der Waals surface area contributed by atoms with Crippen LogP contribution < -0.4 is 5.32 Å². The number of rotatable bonds is 5. The van der Waals surface area contributed by atoms with Crippen LogP contribution in [-0.2, 0) is 9.53 Å². The summed E-state index contributed by atoms with van der Waals surface area (Å²) >= 11 is 5.75. The molecule has 1 aromatic carbocycles. The van der Waals surface area contributed by atoms with E-state index in [4.69, 9.17) is 16.3 Å². The van der Waals surface area contributed by atoms with Crippen LogP contribution in [0.3, 0.4) is 0 Å². The van der Waals surface area contributed by atoms with Crippen molar-refractivity contribution in [3.63, 3.8) is 0 Å². The van der Waals surface area contributed by atoms with E-state index in [1.165, 1.54) is 13.2 Å². The molecule has 0 aliphatic carbocycles. The van der Waals surface area contributed by atoms with Crippen LogP contribution in [0.5, 0.6) is 0 Å². The number of ether oxygens (including phenoxy) is 1. The van der Waals surface area contributed by atoms with Gasteiger partial charge in [0.05, 0.1) is 12.1 Å². The summed E-state index contributed by atoms with van der Waals surface area (Å²) in [5, 5.41) is 3.25. The molecular formula is C14H19ClFNO2. The molecule has 0 radical (unpaired) electrons. The molecule has 0 fully saturated rings. The number of methoxy groups -OCH3 is 1. The summed E-state index contributed by atoms with van der Waals surface area (Å²) in [5.74, 6) is -0.674. The molecule has 0 aliphatic heterocycles. The molecule has 0 aromatic heterocycles. The molecule has 0 heterocycles. The van der Waals surface area contributed by atoms with E-state index in [1.807, 2.05) is 20.8 Å². The number of benzene rings is 1. The zero-order valence-electron chi connectivity index (χ0n) is 11.5. The first-order valence-corrected chi connectivity index (χ1v) is 6.53. The van der Waals surface area contributed by atoms with Gasteiger partial charge in [-0.05, 0) is 30.5 Å². The molecule has 1 unspecified atom stereocenters. The van der Waals surface area contributed by atoms with Gasteiger partial charge in [0.25, 0.3) is 0 Å². The Hall–Kier alpha value is -1.13. The fraction of sp³-hybridized carbons (Fsp3) is 0.500. The zero-order chi connectivity index (χ0) is 14.6. The first kappa shape index (κ1) is 15.9. The maximum absolute atomic E-state index is 13.1. The van der Waals surface area contributed by atoms with Crippen molar-refractivity contribution in [2.75, 3.05) is 7.11 Å². The van der Waals surface area contributed by atoms with Crippen LogP contribution in [0.25, 0.3) is 0 Å². The van der Waals surface area contributed by atoms with Crippen LogP contribution in [0.15, 0.2) is 18.2 Å². The van der Waals surface area contributed by atoms with Crippen molar-refractivity contribution < 1.29 is 13.9 Å². The molecule has 0 saturated heterocycles. The van der Waals surface area contributed by atoms with Gasteiger partial charge in [-0.3, -0.25) is 10.1 Å². The van der Waals surface area contributed by atoms with Crippen molar-refractivity contribution in [3.05, 3.63) is 34.6 Å². The Bertz CT molecular complexity index is 451. The Labute approximate surface area is 118 Å². The topological polar surface area (TPSA) is 38.3 Å². The molecule has 106 valence electrons. The Morgan fingerprint density at radius 2 is 2.00 bits per heavy atom. The fourth-order valence-corrected chi connectivity index (χ4v) is 2.00. The highest BCUT2D eigenvalue weighted by Gasteiger charge is 2.25. The number of hydrogen-bond acceptors (Lipinski definition) is 3. The summed E-state index contributed by atoms with van der Waals surface area (Å²) < 4.78 is 17.9. The zero-order valence-corrected chi connectivity index (χ0v) is 12.3. The smallest absolute Gasteiger partial charge is 0.323 e. The Balaban J connectivity index is 2.84. The number of nitrogens with one attached hydrogen (secondary N) is 1. The van der Waals surface area contributed by atoms with Crippen molar-refractivity contribution in [2.45, 2.75) is 32.9 Å². The number of carbonyl (C=O) groups is 1. The lowest BCUT2D eigenvalue weighted by Crippen LogP contribution is -2.42. The molecule has 0 saturated carbocycles. The molecule has 1 N–H and O–H groups in total. The molecule has 2 atom stereocenters. The number of carbonyl (C=O) groups excluding carboxylic acids is 1. The highest BCUT2D eigenvalue weighted by atomic mass is 35.5. The average molecular weight is 288 g/mol. The van der Waals surface area contributed by atoms with Crippen LogP contribution in [0.2, 0.25) is 5.02 Å². The van der Waals surface area contributed by atoms with Gasteiger partial charge in [-0.25, -0.2) is 4.39 Å². The monoisotopic (exact) mass is 287 g/mol. The normalized spacial score (nSPS) is 14.3. The minimum atomic E-state index is -0.453. The third-order valence-electron chi connectivity index (χ3n) is 3.00. The molecule has 3 nitrogen and oxygen atoms in total. The number of halogens is 2. The van der Waals surface area contributed by atoms with Crippen molar-refractivity contribution >= 4 is 17.6 Å². The third kappa shape index (κ3) is 4.18. The Kier molecular flexibility index (Phi) is 5.76. The third-order valence-corrected chi connectivity index (χ3v) is 3.28. The van der Waals surface area contributed by atoms with E-state index in [0.717, 1.165) is 5.56 Å². The first-order valence-electron chi connectivity index (χ1n) is 6.15. The van der Waals surface area contributed by atoms with E-state index >= 15 is 0 Å². The van der Waals surface area contributed by atoms with E-state index in [0.29, 0.717) is 0 Å². The summed E-state index contributed by atoms with van der Waals surface area (Å²) in [4.78, 5) is 11.7. The first-order chi connectivity index (χ1) is 8.86. The van der Waals surface area contributed by atoms with Gasteiger partial charge < -0.3 is 4.74 Å². The molecule has 1 aromatic rings. The maximum Gasteiger partial charge on any atom is 0.323 e. The molecule has 1 rings (SSSR count). The van der Waals surface area contributed by atoms with Crippen LogP contribution in [0, 0.1) is 11.7 Å². The summed E-state index contributed by atoms with van der Waals surface area (Å²) in [5.41, 5.74) is 0.820. The van der Waals surface area contributed by atoms with Gasteiger partial charge in [-0.15, -0.1) is 0 Å². The standard InChI is InChI=1S/C14H19ClFNO2/c1-8(2)13(14(18)19-4)17-9(3)10-5-6-12(16)11(15)7-10/h5-9,13,17H,1-4H3/t9?,13-/m0/s1. The van der Waals surface area contributed by atoms with Crippen molar-refractivity contribution in [1.29, 1.82) is 0 Å². The molecule has 5 heteroatoms. The van der Waals surface area contributed by atoms with Gasteiger partial charge in [0.1, 0.15) is 11.9 Å². The maximum atomic E-state index is 13.1. The minimum Gasteiger partial charge on any atom is -0.468 e. The van der Waals surface area contributed by atoms with Gasteiger partial charge in [0.15, 0.2) is 0 Å². The lowest BCUT2D eigenvalue weighted by molar-refractivity contribution is -0.144. The predicted molar refractivity (Wildman–Crippen MR) is 73.6 cm³/mol. The Morgan fingerprint density at radius 1 is 1.37 bits per heavy atom. The second-order valence-electron chi connectivity index (χ2n) is 4.81. The van der Waals surface area contributed by atoms with Gasteiger partial charge in [0, 0.05) is 6.04 Å². The van der Waals surface area contributed by atoms with E-state index in [2.05, 4.69) is 5.32 Å². The van der Waals surface area contributed by atoms with Crippen molar-refractivity contribution in [1.82, 2.24) is 5.32 Å². The van der Waals surface area contributed by atoms with Crippen LogP contribution >= 0.6 is 11.6 Å². The quantitative estimate of drug-likeness (QED) is 0.844. The summed E-state index contributed by atoms with van der Waals surface area (Å²) in [6.07, 6.45) is 0. The fourth-order valence-electron chi connectivity index (χ4n) is 1.81. The average Bonchev–Trinajstić information content (AvgIpc) is 2.37. The highest BCUT2D eigenvalue weighted by Crippen LogP contribution is 2.21. The highest BCUT2D eigenvalue weighted by molar-refractivity contribution is 6.30. The SMILES string of the molecule is COC(=O)[C@@H](NC(C)c1ccc(F)c(Cl)c1)C(C)C. The lowest BCUT2D eigenvalue weighted by Gasteiger charge is -2.24. The van der Waals surface area contributed by atoms with Gasteiger partial charge in [-0.2, -0.15) is 0 Å². The van der Waals surface area contributed by atoms with Crippen molar-refractivity contribution in [3.8, 4) is 0 Å².